The number of nitrogens with zero attached hydrogens (tertiary/aromatic N) is 4. The number of anilines is 3. The SMILES string of the molecule is CCN1CCN(c2cc(Nc3ccc(Cl)cc3C)nc(C)n2)CC1. The lowest BCUT2D eigenvalue weighted by Crippen LogP contribution is -2.46. The lowest BCUT2D eigenvalue weighted by molar-refractivity contribution is 0.270. The summed E-state index contributed by atoms with van der Waals surface area (Å²) in [5.74, 6) is 2.59. The molecule has 2 aromatic rings. The molecular weight excluding hydrogens is 322 g/mol. The number of benzene rings is 1. The molecule has 1 aromatic heterocycles. The summed E-state index contributed by atoms with van der Waals surface area (Å²) in [4.78, 5) is 13.9. The van der Waals surface area contributed by atoms with Crippen molar-refractivity contribution in [1.82, 2.24) is 14.9 Å². The van der Waals surface area contributed by atoms with Gasteiger partial charge in [-0.2, -0.15) is 0 Å². The molecule has 1 N–H and O–H groups in total. The molecule has 3 rings (SSSR count). The number of rotatable bonds is 4. The van der Waals surface area contributed by atoms with Gasteiger partial charge in [0.15, 0.2) is 0 Å². The highest BCUT2D eigenvalue weighted by Crippen LogP contribution is 2.25. The third kappa shape index (κ3) is 3.97. The predicted molar refractivity (Wildman–Crippen MR) is 101 cm³/mol. The number of aryl methyl sites for hydroxylation is 2. The third-order valence-corrected chi connectivity index (χ3v) is 4.65. The van der Waals surface area contributed by atoms with Crippen LogP contribution in [0.2, 0.25) is 5.02 Å². The van der Waals surface area contributed by atoms with Gasteiger partial charge in [-0.15, -0.1) is 0 Å². The summed E-state index contributed by atoms with van der Waals surface area (Å²) >= 11 is 6.03. The van der Waals surface area contributed by atoms with Crippen LogP contribution in [0.4, 0.5) is 17.3 Å². The normalized spacial score (nSPS) is 15.6. The van der Waals surface area contributed by atoms with E-state index < -0.39 is 0 Å². The Kier molecular flexibility index (Phi) is 5.21. The molecule has 0 radical (unpaired) electrons. The van der Waals surface area contributed by atoms with Crippen LogP contribution in [0.1, 0.15) is 18.3 Å². The molecule has 0 amide bonds. The predicted octanol–water partition coefficient (Wildman–Crippen LogP) is 3.63. The average molecular weight is 346 g/mol. The molecule has 1 aliphatic rings. The van der Waals surface area contributed by atoms with E-state index in [2.05, 4.69) is 32.0 Å². The summed E-state index contributed by atoms with van der Waals surface area (Å²) in [6.07, 6.45) is 0. The average Bonchev–Trinajstić information content (AvgIpc) is 2.57. The summed E-state index contributed by atoms with van der Waals surface area (Å²) < 4.78 is 0. The molecule has 1 aromatic carbocycles. The van der Waals surface area contributed by atoms with Crippen molar-refractivity contribution in [3.8, 4) is 0 Å². The summed E-state index contributed by atoms with van der Waals surface area (Å²) in [7, 11) is 0. The van der Waals surface area contributed by atoms with Crippen LogP contribution in [0, 0.1) is 13.8 Å². The molecule has 1 aliphatic heterocycles. The Hall–Kier alpha value is -1.85. The fraction of sp³-hybridized carbons (Fsp3) is 0.444. The van der Waals surface area contributed by atoms with Crippen molar-refractivity contribution >= 4 is 28.9 Å². The number of piperazine rings is 1. The third-order valence-electron chi connectivity index (χ3n) is 4.42. The largest absolute Gasteiger partial charge is 0.354 e. The number of aromatic nitrogens is 2. The summed E-state index contributed by atoms with van der Waals surface area (Å²) in [5.41, 5.74) is 2.11. The first kappa shape index (κ1) is 17.0. The van der Waals surface area contributed by atoms with Crippen molar-refractivity contribution in [2.24, 2.45) is 0 Å². The standard InChI is InChI=1S/C18H24ClN5/c1-4-23-7-9-24(10-8-23)18-12-17(20-14(3)21-18)22-16-6-5-15(19)11-13(16)2/h5-6,11-12H,4,7-10H2,1-3H3,(H,20,21,22). The van der Waals surface area contributed by atoms with Gasteiger partial charge in [0.05, 0.1) is 0 Å². The lowest BCUT2D eigenvalue weighted by atomic mass is 10.2. The number of nitrogens with one attached hydrogen (secondary N) is 1. The van der Waals surface area contributed by atoms with E-state index in [4.69, 9.17) is 11.6 Å². The lowest BCUT2D eigenvalue weighted by Gasteiger charge is -2.34. The van der Waals surface area contributed by atoms with Crippen molar-refractivity contribution in [2.45, 2.75) is 20.8 Å². The Morgan fingerprint density at radius 3 is 2.50 bits per heavy atom. The van der Waals surface area contributed by atoms with E-state index in [1.54, 1.807) is 0 Å². The monoisotopic (exact) mass is 345 g/mol. The highest BCUT2D eigenvalue weighted by molar-refractivity contribution is 6.30. The maximum Gasteiger partial charge on any atom is 0.136 e. The molecule has 0 bridgehead atoms. The number of hydrogen-bond donors (Lipinski definition) is 1. The molecule has 0 atom stereocenters. The van der Waals surface area contributed by atoms with Crippen molar-refractivity contribution in [1.29, 1.82) is 0 Å². The van der Waals surface area contributed by atoms with Crippen LogP contribution in [-0.4, -0.2) is 47.6 Å². The fourth-order valence-corrected chi connectivity index (χ4v) is 3.20. The minimum Gasteiger partial charge on any atom is -0.354 e. The van der Waals surface area contributed by atoms with Gasteiger partial charge in [-0.3, -0.25) is 0 Å². The van der Waals surface area contributed by atoms with Gasteiger partial charge in [-0.25, -0.2) is 9.97 Å². The van der Waals surface area contributed by atoms with Gasteiger partial charge in [-0.1, -0.05) is 18.5 Å². The van der Waals surface area contributed by atoms with E-state index in [0.29, 0.717) is 0 Å². The number of likely N-dealkylation sites (N-methyl/N-ethyl adjacent to an activating group) is 1. The zero-order valence-corrected chi connectivity index (χ0v) is 15.3. The molecule has 0 aliphatic carbocycles. The first-order chi connectivity index (χ1) is 11.5. The van der Waals surface area contributed by atoms with Crippen molar-refractivity contribution in [3.05, 3.63) is 40.7 Å². The second-order valence-electron chi connectivity index (χ2n) is 6.16. The van der Waals surface area contributed by atoms with Gasteiger partial charge in [0.2, 0.25) is 0 Å². The topological polar surface area (TPSA) is 44.3 Å². The van der Waals surface area contributed by atoms with Gasteiger partial charge < -0.3 is 15.1 Å². The molecule has 0 unspecified atom stereocenters. The van der Waals surface area contributed by atoms with Gasteiger partial charge in [0.25, 0.3) is 0 Å². The van der Waals surface area contributed by atoms with Crippen LogP contribution in [0.3, 0.4) is 0 Å². The number of halogens is 1. The van der Waals surface area contributed by atoms with Gasteiger partial charge in [-0.05, 0) is 44.2 Å². The van der Waals surface area contributed by atoms with Crippen LogP contribution >= 0.6 is 11.6 Å². The molecule has 0 spiro atoms. The Balaban J connectivity index is 1.79. The van der Waals surface area contributed by atoms with Crippen LogP contribution in [0.15, 0.2) is 24.3 Å². The molecule has 6 heteroatoms. The molecule has 1 fully saturated rings. The minimum atomic E-state index is 0.742. The second-order valence-corrected chi connectivity index (χ2v) is 6.60. The van der Waals surface area contributed by atoms with Gasteiger partial charge in [0.1, 0.15) is 17.5 Å². The molecule has 24 heavy (non-hydrogen) atoms. The zero-order valence-electron chi connectivity index (χ0n) is 14.5. The van der Waals surface area contributed by atoms with Crippen LogP contribution in [0.25, 0.3) is 0 Å². The Morgan fingerprint density at radius 2 is 1.83 bits per heavy atom. The van der Waals surface area contributed by atoms with E-state index in [9.17, 15) is 0 Å². The first-order valence-corrected chi connectivity index (χ1v) is 8.79. The minimum absolute atomic E-state index is 0.742. The molecule has 1 saturated heterocycles. The van der Waals surface area contributed by atoms with E-state index >= 15 is 0 Å². The maximum atomic E-state index is 6.03. The second kappa shape index (κ2) is 7.36. The van der Waals surface area contributed by atoms with Crippen molar-refractivity contribution < 1.29 is 0 Å². The van der Waals surface area contributed by atoms with E-state index in [0.717, 1.165) is 66.5 Å². The van der Waals surface area contributed by atoms with Crippen molar-refractivity contribution in [2.75, 3.05) is 42.9 Å². The van der Waals surface area contributed by atoms with Gasteiger partial charge in [0, 0.05) is 43.0 Å². The Bertz CT molecular complexity index is 711. The van der Waals surface area contributed by atoms with E-state index in [1.807, 2.05) is 38.1 Å². The van der Waals surface area contributed by atoms with Crippen LogP contribution in [-0.2, 0) is 0 Å². The molecule has 0 saturated carbocycles. The van der Waals surface area contributed by atoms with Crippen LogP contribution in [0.5, 0.6) is 0 Å². The zero-order chi connectivity index (χ0) is 17.1. The molecular formula is C18H24ClN5. The first-order valence-electron chi connectivity index (χ1n) is 8.41. The Morgan fingerprint density at radius 1 is 1.08 bits per heavy atom. The summed E-state index contributed by atoms with van der Waals surface area (Å²) in [5, 5.41) is 4.13. The number of hydrogen-bond acceptors (Lipinski definition) is 5. The summed E-state index contributed by atoms with van der Waals surface area (Å²) in [6, 6.07) is 7.84. The Labute approximate surface area is 148 Å². The van der Waals surface area contributed by atoms with E-state index in [1.165, 1.54) is 0 Å². The highest BCUT2D eigenvalue weighted by atomic mass is 35.5. The molecule has 2 heterocycles. The molecule has 5 nitrogen and oxygen atoms in total. The fourth-order valence-electron chi connectivity index (χ4n) is 2.98. The highest BCUT2D eigenvalue weighted by Gasteiger charge is 2.18. The van der Waals surface area contributed by atoms with Gasteiger partial charge >= 0.3 is 0 Å². The van der Waals surface area contributed by atoms with E-state index in [-0.39, 0.29) is 0 Å². The van der Waals surface area contributed by atoms with Crippen LogP contribution < -0.4 is 10.2 Å². The van der Waals surface area contributed by atoms with Crippen molar-refractivity contribution in [3.63, 3.8) is 0 Å². The quantitative estimate of drug-likeness (QED) is 0.916. The smallest absolute Gasteiger partial charge is 0.136 e. The molecule has 128 valence electrons. The summed E-state index contributed by atoms with van der Waals surface area (Å²) in [6.45, 7) is 11.5. The maximum absolute atomic E-state index is 6.03.